The molecule has 0 radical (unpaired) electrons. The number of nitrogens with zero attached hydrogens (tertiary/aromatic N) is 9. The van der Waals surface area contributed by atoms with Crippen molar-refractivity contribution < 1.29 is 95.1 Å². The molecule has 0 spiro atoms. The maximum Gasteiger partial charge on any atom is 0.399 e. The van der Waals surface area contributed by atoms with Gasteiger partial charge < -0.3 is 95.1 Å². The molecular formula is C63H84N9O20P9. The topological polar surface area (TPSA) is 384 Å². The normalized spacial score (nSPS) is 27.1. The maximum absolute atomic E-state index is 11.3. The number of phenols is 2. The van der Waals surface area contributed by atoms with Gasteiger partial charge in [-0.2, -0.15) is 27.1 Å². The molecule has 0 aromatic heterocycles. The summed E-state index contributed by atoms with van der Waals surface area (Å²) in [7, 11) is -24.7. The van der Waals surface area contributed by atoms with E-state index in [9.17, 15) is 40.9 Å². The largest absolute Gasteiger partial charge is 0.508 e. The third kappa shape index (κ3) is 16.6. The summed E-state index contributed by atoms with van der Waals surface area (Å²) in [5.74, 6) is 1.98. The fraction of sp³-hybridized carbons (Fsp3) is 0.333. The highest BCUT2D eigenvalue weighted by molar-refractivity contribution is 7.83. The van der Waals surface area contributed by atoms with Gasteiger partial charge in [-0.1, -0.05) is 114 Å². The average Bonchev–Trinajstić information content (AvgIpc) is 0.754. The lowest BCUT2D eigenvalue weighted by atomic mass is 9.78. The molecule has 7 aromatic carbocycles. The summed E-state index contributed by atoms with van der Waals surface area (Å²) in [4.78, 5) is 0. The maximum atomic E-state index is 11.3. The molecule has 38 heteroatoms. The van der Waals surface area contributed by atoms with Gasteiger partial charge in [0.05, 0.1) is 0 Å². The fourth-order valence-electron chi connectivity index (χ4n) is 10.7. The third-order valence-electron chi connectivity index (χ3n) is 16.8. The first-order chi connectivity index (χ1) is 48.0. The zero-order chi connectivity index (χ0) is 73.0. The molecule has 101 heavy (non-hydrogen) atoms. The van der Waals surface area contributed by atoms with Crippen LogP contribution in [0.5, 0.6) is 46.0 Å². The van der Waals surface area contributed by atoms with Crippen LogP contribution in [0.3, 0.4) is 0 Å². The number of aliphatic hydroxyl groups is 6. The predicted molar refractivity (Wildman–Crippen MR) is 397 cm³/mol. The summed E-state index contributed by atoms with van der Waals surface area (Å²) in [6, 6.07) is 49.0. The van der Waals surface area contributed by atoms with Crippen molar-refractivity contribution in [3.63, 3.8) is 0 Å². The van der Waals surface area contributed by atoms with Crippen molar-refractivity contribution in [2.45, 2.75) is 57.8 Å². The standard InChI is InChI=1S/C63H84N9O20P9/c1-61(2,47-13-25-53(79)26-14-47)48-15-29-55(30-16-48)87-96(44-76)64-93(41-73,81-7)67-99(70-96,84-10)90-58-35-21-51(22-36-58)62(3,4)49-17-31-56(32-18-49)88-97(45-77)65-94(42-74,82-8)68-100(71-97,85-11)91-59-37-23-52(24-38-59)63(5,6)50-19-33-57(34-20-50)89-98(46-78)66-95(43-75,83-9)69-101(72-98,86-12)92-60-39-27-54(80)28-40-60/h13-40,73-80H,41-46H2,1-12H3. The zero-order valence-corrected chi connectivity index (χ0v) is 65.5. The van der Waals surface area contributed by atoms with Crippen molar-refractivity contribution in [2.24, 2.45) is 40.6 Å². The van der Waals surface area contributed by atoms with Crippen LogP contribution in [0.4, 0.5) is 0 Å². The number of hydrogen-bond acceptors (Lipinski definition) is 29. The second kappa shape index (κ2) is 30.9. The molecule has 3 heterocycles. The van der Waals surface area contributed by atoms with Gasteiger partial charge in [0.15, 0.2) is 0 Å². The highest BCUT2D eigenvalue weighted by atomic mass is 31.3. The molecule has 9 atom stereocenters. The highest BCUT2D eigenvalue weighted by Crippen LogP contribution is 2.81. The van der Waals surface area contributed by atoms with Crippen LogP contribution in [-0.4, -0.2) is 122 Å². The molecule has 0 saturated heterocycles. The van der Waals surface area contributed by atoms with Crippen LogP contribution in [0.15, 0.2) is 210 Å². The lowest BCUT2D eigenvalue weighted by Gasteiger charge is -2.32. The van der Waals surface area contributed by atoms with E-state index in [1.54, 1.807) is 72.8 Å². The lowest BCUT2D eigenvalue weighted by molar-refractivity contribution is 0.333. The van der Waals surface area contributed by atoms with Gasteiger partial charge in [-0.05, 0) is 130 Å². The molecule has 29 nitrogen and oxygen atoms in total. The Balaban J connectivity index is 0.852. The summed E-state index contributed by atoms with van der Waals surface area (Å²) in [5.41, 5.74) is 3.71. The quantitative estimate of drug-likeness (QED) is 0.0194. The Morgan fingerprint density at radius 3 is 0.604 bits per heavy atom. The summed E-state index contributed by atoms with van der Waals surface area (Å²) in [5, 5.41) is 85.4. The van der Waals surface area contributed by atoms with Gasteiger partial charge in [0, 0.05) is 58.9 Å². The first kappa shape index (κ1) is 78.1. The number of aromatic hydroxyl groups is 2. The van der Waals surface area contributed by atoms with E-state index in [1.165, 1.54) is 66.9 Å². The van der Waals surface area contributed by atoms with Crippen LogP contribution in [-0.2, 0) is 43.4 Å². The van der Waals surface area contributed by atoms with Crippen LogP contribution >= 0.6 is 67.6 Å². The highest BCUT2D eigenvalue weighted by Gasteiger charge is 2.45. The van der Waals surface area contributed by atoms with Crippen LogP contribution in [0.1, 0.15) is 74.9 Å². The van der Waals surface area contributed by atoms with Crippen molar-refractivity contribution in [3.05, 3.63) is 203 Å². The molecule has 3 aliphatic heterocycles. The Kier molecular flexibility index (Phi) is 23.9. The van der Waals surface area contributed by atoms with Crippen LogP contribution < -0.4 is 27.1 Å². The van der Waals surface area contributed by atoms with Crippen molar-refractivity contribution in [3.8, 4) is 46.0 Å². The van der Waals surface area contributed by atoms with Gasteiger partial charge in [-0.15, -0.1) is 13.5 Å². The monoisotopic (exact) mass is 1570 g/mol. The molecule has 0 saturated carbocycles. The van der Waals surface area contributed by atoms with Crippen molar-refractivity contribution in [2.75, 3.05) is 80.7 Å². The van der Waals surface area contributed by atoms with Gasteiger partial charge >= 0.3 is 23.0 Å². The Morgan fingerprint density at radius 1 is 0.238 bits per heavy atom. The van der Waals surface area contributed by atoms with E-state index in [0.717, 1.165) is 33.4 Å². The number of hydrogen-bond donors (Lipinski definition) is 8. The van der Waals surface area contributed by atoms with E-state index in [2.05, 4.69) is 22.9 Å². The van der Waals surface area contributed by atoms with Crippen LogP contribution in [0.2, 0.25) is 0 Å². The average molecular weight is 1570 g/mol. The van der Waals surface area contributed by atoms with E-state index in [-0.39, 0.29) is 17.2 Å². The van der Waals surface area contributed by atoms with E-state index < -0.39 is 122 Å². The Labute approximate surface area is 588 Å². The van der Waals surface area contributed by atoms with Crippen LogP contribution in [0.25, 0.3) is 0 Å². The Hall–Kier alpha value is -5.47. The first-order valence-electron chi connectivity index (χ1n) is 31.0. The number of benzene rings is 7. The van der Waals surface area contributed by atoms with Crippen LogP contribution in [0, 0.1) is 0 Å². The molecule has 3 aliphatic rings. The van der Waals surface area contributed by atoms with Gasteiger partial charge in [-0.25, -0.2) is 0 Å². The summed E-state index contributed by atoms with van der Waals surface area (Å²) >= 11 is 0. The van der Waals surface area contributed by atoms with E-state index in [1.807, 2.05) is 100 Å². The molecule has 10 rings (SSSR count). The van der Waals surface area contributed by atoms with Crippen molar-refractivity contribution >= 4 is 67.6 Å². The van der Waals surface area contributed by atoms with Gasteiger partial charge in [-0.3, -0.25) is 0 Å². The second-order valence-electron chi connectivity index (χ2n) is 24.3. The summed E-state index contributed by atoms with van der Waals surface area (Å²) in [6.45, 7) is 12.3. The van der Waals surface area contributed by atoms with E-state index in [0.29, 0.717) is 28.7 Å². The zero-order valence-electron chi connectivity index (χ0n) is 57.4. The summed E-state index contributed by atoms with van der Waals surface area (Å²) < 4.78 is 117. The number of phenolic OH excluding ortho intramolecular Hbond substituents is 2. The minimum Gasteiger partial charge on any atom is -0.508 e. The minimum absolute atomic E-state index is 0.00429. The third-order valence-corrected chi connectivity index (χ3v) is 43.9. The molecule has 0 fully saturated rings. The molecule has 0 amide bonds. The fourth-order valence-corrected chi connectivity index (χ4v) is 39.9. The van der Waals surface area contributed by atoms with Gasteiger partial charge in [0.2, 0.25) is 22.3 Å². The Morgan fingerprint density at radius 2 is 0.416 bits per heavy atom. The number of aliphatic hydroxyl groups excluding tert-OH is 6. The molecule has 9 unspecified atom stereocenters. The molecule has 7 aromatic rings. The van der Waals surface area contributed by atoms with E-state index in [4.69, 9.17) is 85.9 Å². The number of rotatable bonds is 30. The first-order valence-corrected chi connectivity index (χ1v) is 46.3. The molecule has 546 valence electrons. The predicted octanol–water partition coefficient (Wildman–Crippen LogP) is 19.1. The van der Waals surface area contributed by atoms with E-state index >= 15 is 0 Å². The second-order valence-corrected chi connectivity index (χ2v) is 46.6. The SMILES string of the molecule is COP1(CO)=NP(CO)(Oc2ccc(C(C)(C)c3ccc(OP4(OC)=NP(CO)(OC)=NP(CO)(Oc5ccc(C(C)(C)c6ccc(OP7(OC)=NP(CO)(OC)=NP(CO)(Oc8ccc(C(C)(C)c9ccc(O)cc9)cc8)=N7)cc6)cc5)=N4)cc3)cc2)=NP(OC)(Oc2ccc(O)cc2)=N1. The Bertz CT molecular complexity index is 4680. The van der Waals surface area contributed by atoms with Gasteiger partial charge in [0.1, 0.15) is 84.1 Å². The van der Waals surface area contributed by atoms with Gasteiger partial charge in [0.25, 0.3) is 22.3 Å². The van der Waals surface area contributed by atoms with Crippen molar-refractivity contribution in [1.82, 2.24) is 0 Å². The lowest BCUT2D eigenvalue weighted by Crippen LogP contribution is -2.18. The molecule has 8 N–H and O–H groups in total. The molecule has 0 aliphatic carbocycles. The molecule has 0 bridgehead atoms. The van der Waals surface area contributed by atoms with Crippen molar-refractivity contribution in [1.29, 1.82) is 0 Å². The molecular weight excluding hydrogens is 1480 g/mol. The minimum atomic E-state index is -3.83. The summed E-state index contributed by atoms with van der Waals surface area (Å²) in [6.07, 6.45) is -4.01. The smallest absolute Gasteiger partial charge is 0.399 e.